The molecule has 3 atom stereocenters. The van der Waals surface area contributed by atoms with Crippen LogP contribution in [0.2, 0.25) is 0 Å². The van der Waals surface area contributed by atoms with E-state index in [1.54, 1.807) is 52.8 Å². The molecule has 3 aliphatic heterocycles. The number of unbranched alkanes of at least 4 members (excludes halogenated alkanes) is 4. The van der Waals surface area contributed by atoms with E-state index in [0.29, 0.717) is 155 Å². The molecule has 26 nitrogen and oxygen atoms in total. The normalized spacial score (nSPS) is 17.2. The van der Waals surface area contributed by atoms with Crippen LogP contribution >= 0.6 is 11.8 Å². The second kappa shape index (κ2) is 30.0. The third-order valence-corrected chi connectivity index (χ3v) is 18.2. The van der Waals surface area contributed by atoms with E-state index < -0.39 is 23.9 Å². The average Bonchev–Trinajstić information content (AvgIpc) is 1.73. The van der Waals surface area contributed by atoms with E-state index in [1.807, 2.05) is 11.8 Å². The van der Waals surface area contributed by atoms with E-state index in [2.05, 4.69) is 50.9 Å². The molecule has 0 saturated carbocycles. The Labute approximate surface area is 529 Å². The zero-order valence-corrected chi connectivity index (χ0v) is 52.9. The molecule has 3 unspecified atom stereocenters. The zero-order valence-electron chi connectivity index (χ0n) is 52.1. The minimum Gasteiger partial charge on any atom is -0.478 e. The lowest BCUT2D eigenvalue weighted by atomic mass is 10.0. The number of carboxylic acids is 4. The fraction of sp³-hybridized carbons (Fsp3) is 0.469. The zero-order chi connectivity index (χ0) is 65.2. The molecule has 0 aromatic carbocycles. The molecule has 8 N–H and O–H groups in total. The smallest absolute Gasteiger partial charge is 0.354 e. The summed E-state index contributed by atoms with van der Waals surface area (Å²) in [6.45, 7) is 13.9. The number of carboxylic acid groups (broad SMARTS) is 4. The Morgan fingerprint density at radius 1 is 0.571 bits per heavy atom. The van der Waals surface area contributed by atoms with Crippen molar-refractivity contribution in [3.8, 4) is 39.7 Å². The van der Waals surface area contributed by atoms with Gasteiger partial charge in [-0.15, -0.1) is 0 Å². The maximum Gasteiger partial charge on any atom is 0.354 e. The van der Waals surface area contributed by atoms with Gasteiger partial charge in [-0.1, -0.05) is 19.3 Å². The van der Waals surface area contributed by atoms with Crippen LogP contribution in [0.4, 0.5) is 4.79 Å². The van der Waals surface area contributed by atoms with Crippen molar-refractivity contribution >= 4 is 53.5 Å². The predicted octanol–water partition coefficient (Wildman–Crippen LogP) is 8.19. The van der Waals surface area contributed by atoms with E-state index in [9.17, 15) is 54.0 Å². The van der Waals surface area contributed by atoms with Gasteiger partial charge in [0, 0.05) is 123 Å². The fourth-order valence-corrected chi connectivity index (χ4v) is 13.7. The maximum atomic E-state index is 13.8. The lowest BCUT2D eigenvalue weighted by molar-refractivity contribution is -0.179. The van der Waals surface area contributed by atoms with Crippen LogP contribution in [0.15, 0.2) is 49.6 Å². The number of furan rings is 3. The number of nitrogens with zero attached hydrogens (tertiary/aromatic N) is 6. The molecule has 486 valence electrons. The van der Waals surface area contributed by atoms with Crippen molar-refractivity contribution in [2.24, 2.45) is 0 Å². The number of aromatic carboxylic acids is 4. The van der Waals surface area contributed by atoms with Gasteiger partial charge in [-0.3, -0.25) is 24.3 Å². The molecule has 9 rings (SSSR count). The van der Waals surface area contributed by atoms with Crippen molar-refractivity contribution < 1.29 is 77.0 Å². The van der Waals surface area contributed by atoms with Crippen molar-refractivity contribution in [1.29, 1.82) is 0 Å². The molecule has 6 aromatic heterocycles. The second-order valence-electron chi connectivity index (χ2n) is 23.3. The molecular formula is C64H78N10O16S. The number of hydrogen-bond acceptors (Lipinski definition) is 19. The quantitative estimate of drug-likeness (QED) is 0.00992. The van der Waals surface area contributed by atoms with Gasteiger partial charge in [-0.05, 0) is 104 Å². The number of rotatable bonds is 28. The number of amides is 4. The summed E-state index contributed by atoms with van der Waals surface area (Å²) < 4.78 is 18.3. The molecule has 0 aliphatic carbocycles. The number of thioether (sulfide) groups is 1. The summed E-state index contributed by atoms with van der Waals surface area (Å²) in [6, 6.07) is 9.60. The Balaban J connectivity index is 0.880. The standard InChI is InChI=1S/C64H78N10O16S/c1-34-52(59(76)66-17-13-9-8-12-16-65-51(75)15-11-10-14-50-54-49(33-91-50)70-64(85)71-54)37(4)87-56(34)40-24-43(67-46(27-40)60(77)78)30-72-18-19-73(31-44-25-41(28-47(68-44)61(79)80)57-35(2)53(63(83)84)38(5)88-57)21-23-74(22-20-72)32-45-26-42(29-48(69-45)62(81)82)58-36(3)55(90-86-7)39(6)89-58/h24-29,49-50,54H,8-23,30-33H2,1-7H3,(H,65,75)(H,66,76)(H,77,78)(H,79,80)(H,81,82)(H,83,84)(H2,70,71,85). The Hall–Kier alpha value is -8.63. The molecule has 0 spiro atoms. The Kier molecular flexibility index (Phi) is 22.0. The number of aromatic nitrogens is 3. The van der Waals surface area contributed by atoms with E-state index in [-0.39, 0.29) is 83.7 Å². The third kappa shape index (κ3) is 16.5. The molecule has 0 bridgehead atoms. The molecule has 0 radical (unpaired) electrons. The summed E-state index contributed by atoms with van der Waals surface area (Å²) in [5.74, 6) is -2.22. The van der Waals surface area contributed by atoms with Gasteiger partial charge in [-0.2, -0.15) is 16.6 Å². The fourth-order valence-electron chi connectivity index (χ4n) is 12.2. The summed E-state index contributed by atoms with van der Waals surface area (Å²) >= 11 is 1.87. The van der Waals surface area contributed by atoms with Crippen molar-refractivity contribution in [2.45, 2.75) is 130 Å². The molecule has 9 heterocycles. The number of carbonyl (C=O) groups is 7. The first-order valence-electron chi connectivity index (χ1n) is 30.4. The minimum absolute atomic E-state index is 0.0236. The Morgan fingerprint density at radius 3 is 1.48 bits per heavy atom. The molecule has 6 aromatic rings. The number of pyridine rings is 3. The van der Waals surface area contributed by atoms with Crippen molar-refractivity contribution in [3.05, 3.63) is 116 Å². The summed E-state index contributed by atoms with van der Waals surface area (Å²) in [6.07, 6.45) is 6.36. The molecule has 3 fully saturated rings. The van der Waals surface area contributed by atoms with Crippen LogP contribution < -0.4 is 26.2 Å². The first-order chi connectivity index (χ1) is 43.5. The van der Waals surface area contributed by atoms with Crippen LogP contribution in [0.3, 0.4) is 0 Å². The van der Waals surface area contributed by atoms with E-state index in [1.165, 1.54) is 32.2 Å². The van der Waals surface area contributed by atoms with Gasteiger partial charge in [0.25, 0.3) is 5.91 Å². The van der Waals surface area contributed by atoms with Crippen LogP contribution in [0.1, 0.15) is 155 Å². The lowest BCUT2D eigenvalue weighted by Gasteiger charge is -2.25. The highest BCUT2D eigenvalue weighted by Crippen LogP contribution is 2.38. The maximum absolute atomic E-state index is 13.8. The number of nitrogens with one attached hydrogen (secondary N) is 4. The Bertz CT molecular complexity index is 3710. The highest BCUT2D eigenvalue weighted by molar-refractivity contribution is 8.00. The highest BCUT2D eigenvalue weighted by Gasteiger charge is 2.42. The van der Waals surface area contributed by atoms with Crippen molar-refractivity contribution in [1.82, 2.24) is 50.9 Å². The molecule has 3 saturated heterocycles. The number of urea groups is 1. The van der Waals surface area contributed by atoms with Crippen LogP contribution in [-0.2, 0) is 29.3 Å². The first kappa shape index (κ1) is 66.8. The molecule has 3 aliphatic rings. The van der Waals surface area contributed by atoms with Gasteiger partial charge in [0.15, 0.2) is 0 Å². The van der Waals surface area contributed by atoms with Crippen LogP contribution in [-0.4, -0.2) is 174 Å². The summed E-state index contributed by atoms with van der Waals surface area (Å²) in [4.78, 5) is 118. The van der Waals surface area contributed by atoms with Gasteiger partial charge < -0.3 is 59.8 Å². The number of carbonyl (C=O) groups excluding carboxylic acids is 3. The van der Waals surface area contributed by atoms with Gasteiger partial charge in [0.1, 0.15) is 57.2 Å². The summed E-state index contributed by atoms with van der Waals surface area (Å²) in [5.41, 5.74) is 3.38. The monoisotopic (exact) mass is 1270 g/mol. The SMILES string of the molecule is COOc1c(C)oc(-c2cc(CN3CCN(Cc4cc(-c5oc(C)c(C(=O)O)c5C)cc(C(=O)O)n4)CCN(Cc4cc(-c5oc(C)c(C(=O)NCCCCCCNC(=O)CCCCC6SCC7NC(=O)NC76)c5C)cc(C(=O)O)n4)CC3)nc(C(=O)O)c2)c1C. The van der Waals surface area contributed by atoms with Crippen LogP contribution in [0.25, 0.3) is 34.0 Å². The number of aryl methyl sites for hydroxylation is 3. The topological polar surface area (TPSA) is 355 Å². The lowest BCUT2D eigenvalue weighted by Crippen LogP contribution is -2.36. The van der Waals surface area contributed by atoms with Crippen LogP contribution in [0.5, 0.6) is 5.75 Å². The number of hydrogen-bond donors (Lipinski definition) is 8. The third-order valence-electron chi connectivity index (χ3n) is 16.7. The second-order valence-corrected chi connectivity index (χ2v) is 24.6. The average molecular weight is 1280 g/mol. The summed E-state index contributed by atoms with van der Waals surface area (Å²) in [7, 11) is 1.36. The molecule has 27 heteroatoms. The van der Waals surface area contributed by atoms with Gasteiger partial charge in [0.2, 0.25) is 11.7 Å². The highest BCUT2D eigenvalue weighted by atomic mass is 32.2. The van der Waals surface area contributed by atoms with Crippen molar-refractivity contribution in [3.63, 3.8) is 0 Å². The molecular weight excluding hydrogens is 1200 g/mol. The van der Waals surface area contributed by atoms with E-state index in [0.717, 1.165) is 44.3 Å². The first-order valence-corrected chi connectivity index (χ1v) is 31.5. The number of fused-ring (bicyclic) bond motifs is 1. The van der Waals surface area contributed by atoms with E-state index in [4.69, 9.17) is 23.0 Å². The van der Waals surface area contributed by atoms with E-state index >= 15 is 0 Å². The Morgan fingerprint density at radius 2 is 1.02 bits per heavy atom. The largest absolute Gasteiger partial charge is 0.478 e. The summed E-state index contributed by atoms with van der Waals surface area (Å²) in [5, 5.41) is 53.3. The van der Waals surface area contributed by atoms with Gasteiger partial charge in [-0.25, -0.2) is 38.9 Å². The van der Waals surface area contributed by atoms with Crippen molar-refractivity contribution in [2.75, 3.05) is 65.2 Å². The molecule has 91 heavy (non-hydrogen) atoms. The van der Waals surface area contributed by atoms with Crippen LogP contribution in [0, 0.1) is 41.5 Å². The van der Waals surface area contributed by atoms with Gasteiger partial charge in [0.05, 0.1) is 41.8 Å². The minimum atomic E-state index is -1.30. The molecule has 4 amide bonds. The van der Waals surface area contributed by atoms with Gasteiger partial charge >= 0.3 is 29.9 Å². The predicted molar refractivity (Wildman–Crippen MR) is 333 cm³/mol.